The molecule has 2 aliphatic heterocycles. The Morgan fingerprint density at radius 2 is 1.69 bits per heavy atom. The highest BCUT2D eigenvalue weighted by atomic mass is 35.5. The van der Waals surface area contributed by atoms with Gasteiger partial charge >= 0.3 is 0 Å². The zero-order valence-corrected chi connectivity index (χ0v) is 9.38. The third-order valence-corrected chi connectivity index (χ3v) is 3.88. The van der Waals surface area contributed by atoms with Crippen LogP contribution in [0.3, 0.4) is 0 Å². The van der Waals surface area contributed by atoms with Crippen LogP contribution >= 0.6 is 12.4 Å². The third-order valence-electron chi connectivity index (χ3n) is 3.88. The molecular weight excluding hydrogens is 186 g/mol. The van der Waals surface area contributed by atoms with Gasteiger partial charge in [0.05, 0.1) is 5.60 Å². The Balaban J connectivity index is 0.000000845. The molecule has 2 saturated heterocycles. The second kappa shape index (κ2) is 3.76. The van der Waals surface area contributed by atoms with Crippen LogP contribution in [0.15, 0.2) is 0 Å². The average molecular weight is 206 g/mol. The Morgan fingerprint density at radius 3 is 2.15 bits per heavy atom. The standard InChI is InChI=1S/C10H19NO.ClH/c1-9(2)10(5-8-12-9)3-6-11-7-4-10;/h11H,3-8H2,1-2H3;1H. The van der Waals surface area contributed by atoms with Crippen molar-refractivity contribution in [3.63, 3.8) is 0 Å². The monoisotopic (exact) mass is 205 g/mol. The summed E-state index contributed by atoms with van der Waals surface area (Å²) in [7, 11) is 0. The van der Waals surface area contributed by atoms with Gasteiger partial charge in [-0.2, -0.15) is 0 Å². The molecule has 0 bridgehead atoms. The average Bonchev–Trinajstić information content (AvgIpc) is 2.30. The fourth-order valence-electron chi connectivity index (χ4n) is 2.71. The first kappa shape index (κ1) is 11.3. The third kappa shape index (κ3) is 1.72. The number of halogens is 1. The van der Waals surface area contributed by atoms with E-state index in [2.05, 4.69) is 19.2 Å². The lowest BCUT2D eigenvalue weighted by Crippen LogP contribution is -2.47. The van der Waals surface area contributed by atoms with Crippen LogP contribution in [0.25, 0.3) is 0 Å². The molecule has 1 N–H and O–H groups in total. The molecule has 2 heterocycles. The van der Waals surface area contributed by atoms with Crippen molar-refractivity contribution >= 4 is 12.4 Å². The lowest BCUT2D eigenvalue weighted by Gasteiger charge is -2.43. The fraction of sp³-hybridized carbons (Fsp3) is 1.00. The van der Waals surface area contributed by atoms with Crippen molar-refractivity contribution in [3.05, 3.63) is 0 Å². The van der Waals surface area contributed by atoms with Crippen LogP contribution < -0.4 is 5.32 Å². The quantitative estimate of drug-likeness (QED) is 0.653. The summed E-state index contributed by atoms with van der Waals surface area (Å²) < 4.78 is 5.81. The summed E-state index contributed by atoms with van der Waals surface area (Å²) >= 11 is 0. The molecule has 0 unspecified atom stereocenters. The Kier molecular flexibility index (Phi) is 3.26. The molecule has 13 heavy (non-hydrogen) atoms. The number of piperidine rings is 1. The molecule has 0 aromatic rings. The zero-order chi connectivity index (χ0) is 8.66. The molecule has 0 aromatic carbocycles. The van der Waals surface area contributed by atoms with Gasteiger partial charge in [0.1, 0.15) is 0 Å². The topological polar surface area (TPSA) is 21.3 Å². The summed E-state index contributed by atoms with van der Waals surface area (Å²) in [5.41, 5.74) is 0.605. The van der Waals surface area contributed by atoms with E-state index in [1.54, 1.807) is 0 Å². The molecule has 0 atom stereocenters. The first-order chi connectivity index (χ1) is 5.66. The first-order valence-corrected chi connectivity index (χ1v) is 5.01. The van der Waals surface area contributed by atoms with Gasteiger partial charge in [-0.05, 0) is 46.2 Å². The minimum atomic E-state index is 0. The minimum absolute atomic E-state index is 0. The van der Waals surface area contributed by atoms with Crippen molar-refractivity contribution in [2.24, 2.45) is 5.41 Å². The molecular formula is C10H20ClNO. The summed E-state index contributed by atoms with van der Waals surface area (Å²) in [6, 6.07) is 0. The Bertz CT molecular complexity index is 176. The van der Waals surface area contributed by atoms with E-state index in [9.17, 15) is 0 Å². The minimum Gasteiger partial charge on any atom is -0.375 e. The predicted molar refractivity (Wildman–Crippen MR) is 56.4 cm³/mol. The van der Waals surface area contributed by atoms with E-state index < -0.39 is 0 Å². The van der Waals surface area contributed by atoms with Crippen molar-refractivity contribution in [2.75, 3.05) is 19.7 Å². The number of rotatable bonds is 0. The van der Waals surface area contributed by atoms with Gasteiger partial charge in [0, 0.05) is 12.0 Å². The fourth-order valence-corrected chi connectivity index (χ4v) is 2.71. The zero-order valence-electron chi connectivity index (χ0n) is 8.56. The van der Waals surface area contributed by atoms with E-state index in [4.69, 9.17) is 4.74 Å². The van der Waals surface area contributed by atoms with Gasteiger partial charge in [0.2, 0.25) is 0 Å². The maximum absolute atomic E-state index is 5.81. The van der Waals surface area contributed by atoms with Crippen molar-refractivity contribution in [3.8, 4) is 0 Å². The SMILES string of the molecule is CC1(C)OCCC12CCNCC2.Cl. The number of hydrogen-bond acceptors (Lipinski definition) is 2. The van der Waals surface area contributed by atoms with Crippen molar-refractivity contribution in [2.45, 2.75) is 38.7 Å². The Labute approximate surface area is 86.8 Å². The molecule has 2 fully saturated rings. The van der Waals surface area contributed by atoms with Gasteiger partial charge in [0.25, 0.3) is 0 Å². The highest BCUT2D eigenvalue weighted by Gasteiger charge is 2.49. The van der Waals surface area contributed by atoms with Crippen LogP contribution in [0, 0.1) is 5.41 Å². The molecule has 2 rings (SSSR count). The number of nitrogens with one attached hydrogen (secondary N) is 1. The largest absolute Gasteiger partial charge is 0.375 e. The van der Waals surface area contributed by atoms with E-state index in [-0.39, 0.29) is 18.0 Å². The molecule has 0 aliphatic carbocycles. The molecule has 0 radical (unpaired) electrons. The van der Waals surface area contributed by atoms with Gasteiger partial charge in [-0.25, -0.2) is 0 Å². The Morgan fingerprint density at radius 1 is 1.08 bits per heavy atom. The van der Waals surface area contributed by atoms with Crippen LogP contribution in [0.5, 0.6) is 0 Å². The van der Waals surface area contributed by atoms with Crippen LogP contribution in [-0.4, -0.2) is 25.3 Å². The second-order valence-electron chi connectivity index (χ2n) is 4.64. The smallest absolute Gasteiger partial charge is 0.0684 e. The van der Waals surface area contributed by atoms with E-state index in [0.717, 1.165) is 6.61 Å². The van der Waals surface area contributed by atoms with Gasteiger partial charge in [-0.1, -0.05) is 0 Å². The van der Waals surface area contributed by atoms with E-state index >= 15 is 0 Å². The first-order valence-electron chi connectivity index (χ1n) is 5.01. The van der Waals surface area contributed by atoms with Gasteiger partial charge < -0.3 is 10.1 Å². The normalized spacial score (nSPS) is 30.0. The molecule has 1 spiro atoms. The summed E-state index contributed by atoms with van der Waals surface area (Å²) in [6.45, 7) is 7.82. The van der Waals surface area contributed by atoms with E-state index in [1.165, 1.54) is 32.4 Å². The van der Waals surface area contributed by atoms with E-state index in [0.29, 0.717) is 5.41 Å². The van der Waals surface area contributed by atoms with Crippen LogP contribution in [0.2, 0.25) is 0 Å². The molecule has 2 nitrogen and oxygen atoms in total. The lowest BCUT2D eigenvalue weighted by molar-refractivity contribution is -0.0457. The van der Waals surface area contributed by atoms with Crippen LogP contribution in [0.4, 0.5) is 0 Å². The van der Waals surface area contributed by atoms with Gasteiger partial charge in [-0.3, -0.25) is 0 Å². The maximum Gasteiger partial charge on any atom is 0.0684 e. The van der Waals surface area contributed by atoms with Crippen LogP contribution in [0.1, 0.15) is 33.1 Å². The molecule has 0 amide bonds. The molecule has 0 saturated carbocycles. The molecule has 3 heteroatoms. The van der Waals surface area contributed by atoms with Crippen molar-refractivity contribution < 1.29 is 4.74 Å². The van der Waals surface area contributed by atoms with Crippen molar-refractivity contribution in [1.82, 2.24) is 5.32 Å². The number of ether oxygens (including phenoxy) is 1. The predicted octanol–water partition coefficient (Wildman–Crippen LogP) is 1.98. The summed E-state index contributed by atoms with van der Waals surface area (Å²) in [5.74, 6) is 0. The summed E-state index contributed by atoms with van der Waals surface area (Å²) in [4.78, 5) is 0. The number of hydrogen-bond donors (Lipinski definition) is 1. The Hall–Kier alpha value is 0.210. The summed E-state index contributed by atoms with van der Waals surface area (Å²) in [5, 5.41) is 3.42. The van der Waals surface area contributed by atoms with E-state index in [1.807, 2.05) is 0 Å². The molecule has 78 valence electrons. The maximum atomic E-state index is 5.81. The summed E-state index contributed by atoms with van der Waals surface area (Å²) in [6.07, 6.45) is 3.85. The van der Waals surface area contributed by atoms with Gasteiger partial charge in [-0.15, -0.1) is 12.4 Å². The molecule has 2 aliphatic rings. The second-order valence-corrected chi connectivity index (χ2v) is 4.64. The van der Waals surface area contributed by atoms with Crippen LogP contribution in [-0.2, 0) is 4.74 Å². The van der Waals surface area contributed by atoms with Gasteiger partial charge in [0.15, 0.2) is 0 Å². The molecule has 0 aromatic heterocycles. The van der Waals surface area contributed by atoms with Crippen molar-refractivity contribution in [1.29, 1.82) is 0 Å². The lowest BCUT2D eigenvalue weighted by atomic mass is 9.67. The highest BCUT2D eigenvalue weighted by molar-refractivity contribution is 5.85. The highest BCUT2D eigenvalue weighted by Crippen LogP contribution is 2.49.